The second kappa shape index (κ2) is 11.4. The first kappa shape index (κ1) is 23.7. The minimum absolute atomic E-state index is 0.128. The van der Waals surface area contributed by atoms with Gasteiger partial charge >= 0.3 is 0 Å². The summed E-state index contributed by atoms with van der Waals surface area (Å²) in [5, 5.41) is 18.2. The summed E-state index contributed by atoms with van der Waals surface area (Å²) in [7, 11) is 0. The van der Waals surface area contributed by atoms with Crippen LogP contribution in [-0.4, -0.2) is 0 Å². The van der Waals surface area contributed by atoms with Crippen molar-refractivity contribution in [2.24, 2.45) is 35.0 Å². The van der Waals surface area contributed by atoms with Gasteiger partial charge in [0.05, 0.1) is 12.1 Å². The van der Waals surface area contributed by atoms with E-state index in [0.29, 0.717) is 17.8 Å². The molecule has 2 nitrogen and oxygen atoms in total. The fourth-order valence-corrected chi connectivity index (χ4v) is 4.92. The van der Waals surface area contributed by atoms with Crippen molar-refractivity contribution in [3.05, 3.63) is 12.2 Å². The largest absolute Gasteiger partial charge is 0.198 e. The van der Waals surface area contributed by atoms with Gasteiger partial charge in [-0.3, -0.25) is 0 Å². The lowest BCUT2D eigenvalue weighted by molar-refractivity contribution is 0.142. The Hall–Kier alpha value is -1.28. The van der Waals surface area contributed by atoms with E-state index >= 15 is 0 Å². The van der Waals surface area contributed by atoms with E-state index < -0.39 is 0 Å². The molecule has 0 saturated heterocycles. The average Bonchev–Trinajstić information content (AvgIpc) is 2.44. The zero-order valence-electron chi connectivity index (χ0n) is 17.7. The Bertz CT molecular complexity index is 449. The van der Waals surface area contributed by atoms with Gasteiger partial charge in [0.2, 0.25) is 0 Å². The van der Waals surface area contributed by atoms with Gasteiger partial charge < -0.3 is 0 Å². The predicted molar refractivity (Wildman–Crippen MR) is 108 cm³/mol. The van der Waals surface area contributed by atoms with E-state index in [1.807, 2.05) is 13.8 Å². The first-order valence-electron chi connectivity index (χ1n) is 9.95. The molecule has 2 heteroatoms. The van der Waals surface area contributed by atoms with Crippen molar-refractivity contribution in [2.75, 3.05) is 0 Å². The van der Waals surface area contributed by atoms with Crippen molar-refractivity contribution >= 4 is 0 Å². The van der Waals surface area contributed by atoms with Crippen LogP contribution >= 0.6 is 0 Å². The van der Waals surface area contributed by atoms with Crippen LogP contribution < -0.4 is 0 Å². The number of nitrogens with zero attached hydrogens (tertiary/aromatic N) is 2. The van der Waals surface area contributed by atoms with E-state index in [2.05, 4.69) is 53.3 Å². The van der Waals surface area contributed by atoms with Crippen molar-refractivity contribution in [3.8, 4) is 12.1 Å². The summed E-state index contributed by atoms with van der Waals surface area (Å²) in [6, 6.07) is 4.75. The maximum Gasteiger partial charge on any atom is 0.0652 e. The first-order chi connectivity index (χ1) is 11.5. The van der Waals surface area contributed by atoms with Crippen molar-refractivity contribution in [1.29, 1.82) is 10.5 Å². The molecule has 0 bridgehead atoms. The summed E-state index contributed by atoms with van der Waals surface area (Å²) in [6.07, 6.45) is 6.54. The molecule has 0 radical (unpaired) electrons. The maximum atomic E-state index is 9.11. The molecule has 25 heavy (non-hydrogen) atoms. The number of hydrogen-bond donors (Lipinski definition) is 0. The third-order valence-electron chi connectivity index (χ3n) is 5.17. The van der Waals surface area contributed by atoms with E-state index in [1.165, 1.54) is 12.0 Å². The molecule has 0 rings (SSSR count). The Kier molecular flexibility index (Phi) is 10.8. The van der Waals surface area contributed by atoms with Crippen LogP contribution in [0.4, 0.5) is 0 Å². The van der Waals surface area contributed by atoms with E-state index in [1.54, 1.807) is 0 Å². The molecule has 0 aliphatic rings. The molecular weight excluding hydrogens is 304 g/mol. The number of allylic oxidation sites excluding steroid dienone is 1. The van der Waals surface area contributed by atoms with Crippen LogP contribution in [0.2, 0.25) is 0 Å². The Morgan fingerprint density at radius 2 is 1.20 bits per heavy atom. The average molecular weight is 345 g/mol. The zero-order valence-corrected chi connectivity index (χ0v) is 17.7. The Labute approximate surface area is 157 Å². The highest BCUT2D eigenvalue weighted by molar-refractivity contribution is 4.92. The van der Waals surface area contributed by atoms with Crippen LogP contribution in [0.1, 0.15) is 87.0 Å². The highest BCUT2D eigenvalue weighted by Crippen LogP contribution is 2.42. The normalized spacial score (nSPS) is 19.6. The highest BCUT2D eigenvalue weighted by Gasteiger charge is 2.31. The molecule has 0 spiro atoms. The van der Waals surface area contributed by atoms with Crippen molar-refractivity contribution in [1.82, 2.24) is 0 Å². The van der Waals surface area contributed by atoms with E-state index in [-0.39, 0.29) is 17.3 Å². The Balaban J connectivity index is 5.04. The van der Waals surface area contributed by atoms with Crippen LogP contribution in [0, 0.1) is 57.7 Å². The number of nitriles is 2. The summed E-state index contributed by atoms with van der Waals surface area (Å²) in [4.78, 5) is 0. The standard InChI is InChI=1S/C23H40N2/c1-17(2)9-18(3)12-23(8,13-19(4)10-21(6)15-24)14-20(5)11-22(7)16-25/h18-22H,1,9-14H2,2-8H3. The Morgan fingerprint density at radius 1 is 0.840 bits per heavy atom. The van der Waals surface area contributed by atoms with Gasteiger partial charge in [0, 0.05) is 11.8 Å². The highest BCUT2D eigenvalue weighted by atomic mass is 14.4. The van der Waals surface area contributed by atoms with Gasteiger partial charge in [0.25, 0.3) is 0 Å². The SMILES string of the molecule is C=C(C)CC(C)CC(C)(CC(C)CC(C)C#N)CC(C)CC(C)C#N. The summed E-state index contributed by atoms with van der Waals surface area (Å²) >= 11 is 0. The molecule has 0 aliphatic heterocycles. The molecule has 0 aromatic heterocycles. The number of hydrogen-bond acceptors (Lipinski definition) is 2. The van der Waals surface area contributed by atoms with E-state index in [0.717, 1.165) is 32.1 Å². The molecule has 0 amide bonds. The smallest absolute Gasteiger partial charge is 0.0652 e. The minimum Gasteiger partial charge on any atom is -0.198 e. The summed E-state index contributed by atoms with van der Waals surface area (Å²) in [5.74, 6) is 1.99. The van der Waals surface area contributed by atoms with Crippen LogP contribution in [0.3, 0.4) is 0 Å². The van der Waals surface area contributed by atoms with Gasteiger partial charge in [-0.1, -0.05) is 33.3 Å². The van der Waals surface area contributed by atoms with Crippen molar-refractivity contribution in [3.63, 3.8) is 0 Å². The minimum atomic E-state index is 0.128. The molecule has 0 aromatic rings. The molecule has 0 N–H and O–H groups in total. The van der Waals surface area contributed by atoms with Gasteiger partial charge in [-0.25, -0.2) is 0 Å². The third kappa shape index (κ3) is 11.0. The lowest BCUT2D eigenvalue weighted by Crippen LogP contribution is -2.26. The Morgan fingerprint density at radius 3 is 1.52 bits per heavy atom. The fraction of sp³-hybridized carbons (Fsp3) is 0.826. The van der Waals surface area contributed by atoms with Crippen LogP contribution in [0.5, 0.6) is 0 Å². The maximum absolute atomic E-state index is 9.11. The van der Waals surface area contributed by atoms with Gasteiger partial charge in [-0.05, 0) is 82.5 Å². The molecule has 0 aliphatic carbocycles. The predicted octanol–water partition coefficient (Wildman–Crippen LogP) is 7.14. The van der Waals surface area contributed by atoms with Gasteiger partial charge in [-0.2, -0.15) is 10.5 Å². The summed E-state index contributed by atoms with van der Waals surface area (Å²) < 4.78 is 0. The molecule has 0 fully saturated rings. The monoisotopic (exact) mass is 344 g/mol. The van der Waals surface area contributed by atoms with E-state index in [4.69, 9.17) is 10.5 Å². The van der Waals surface area contributed by atoms with Gasteiger partial charge in [-0.15, -0.1) is 6.58 Å². The van der Waals surface area contributed by atoms with Crippen LogP contribution in [0.25, 0.3) is 0 Å². The molecular formula is C23H40N2. The summed E-state index contributed by atoms with van der Waals surface area (Å²) in [5.41, 5.74) is 1.52. The fourth-order valence-electron chi connectivity index (χ4n) is 4.92. The first-order valence-corrected chi connectivity index (χ1v) is 9.95. The lowest BCUT2D eigenvalue weighted by atomic mass is 9.68. The zero-order chi connectivity index (χ0) is 19.6. The molecule has 5 unspecified atom stereocenters. The third-order valence-corrected chi connectivity index (χ3v) is 5.17. The van der Waals surface area contributed by atoms with Crippen LogP contribution in [0.15, 0.2) is 12.2 Å². The topological polar surface area (TPSA) is 47.6 Å². The lowest BCUT2D eigenvalue weighted by Gasteiger charge is -2.37. The molecule has 0 aromatic carbocycles. The summed E-state index contributed by atoms with van der Waals surface area (Å²) in [6.45, 7) is 19.6. The molecule has 142 valence electrons. The molecule has 0 saturated carbocycles. The molecule has 0 heterocycles. The van der Waals surface area contributed by atoms with Gasteiger partial charge in [0.1, 0.15) is 0 Å². The van der Waals surface area contributed by atoms with Crippen LogP contribution in [-0.2, 0) is 0 Å². The van der Waals surface area contributed by atoms with Gasteiger partial charge in [0.15, 0.2) is 0 Å². The second-order valence-corrected chi connectivity index (χ2v) is 9.43. The molecule has 5 atom stereocenters. The second-order valence-electron chi connectivity index (χ2n) is 9.43. The van der Waals surface area contributed by atoms with Crippen molar-refractivity contribution < 1.29 is 0 Å². The number of rotatable bonds is 12. The quantitative estimate of drug-likeness (QED) is 0.353. The van der Waals surface area contributed by atoms with E-state index in [9.17, 15) is 0 Å². The van der Waals surface area contributed by atoms with Crippen molar-refractivity contribution in [2.45, 2.75) is 87.0 Å².